The molecule has 114 valence electrons. The highest BCUT2D eigenvalue weighted by Gasteiger charge is 2.08. The number of benzene rings is 1. The van der Waals surface area contributed by atoms with Gasteiger partial charge in [0.15, 0.2) is 0 Å². The summed E-state index contributed by atoms with van der Waals surface area (Å²) in [6.45, 7) is 8.90. The normalized spacial score (nSPS) is 11.0. The molecule has 0 fully saturated rings. The van der Waals surface area contributed by atoms with Gasteiger partial charge in [0.05, 0.1) is 0 Å². The zero-order valence-corrected chi connectivity index (χ0v) is 13.2. The van der Waals surface area contributed by atoms with Crippen LogP contribution in [0, 0.1) is 0 Å². The first-order valence-electron chi connectivity index (χ1n) is 7.67. The molecule has 0 spiro atoms. The fourth-order valence-electron chi connectivity index (χ4n) is 2.33. The summed E-state index contributed by atoms with van der Waals surface area (Å²) in [7, 11) is 0. The van der Waals surface area contributed by atoms with Crippen LogP contribution in [-0.4, -0.2) is 22.8 Å². The van der Waals surface area contributed by atoms with Gasteiger partial charge in [0.2, 0.25) is 5.95 Å². The Morgan fingerprint density at radius 2 is 2.10 bits per heavy atom. The minimum atomic E-state index is 0.482. The van der Waals surface area contributed by atoms with E-state index < -0.39 is 0 Å². The van der Waals surface area contributed by atoms with Crippen molar-refractivity contribution in [2.45, 2.75) is 39.7 Å². The van der Waals surface area contributed by atoms with Gasteiger partial charge in [-0.2, -0.15) is 0 Å². The average molecular weight is 287 g/mol. The Balaban J connectivity index is 2.05. The predicted octanol–water partition coefficient (Wildman–Crippen LogP) is 4.18. The molecule has 1 N–H and O–H groups in total. The zero-order valence-electron chi connectivity index (χ0n) is 13.2. The van der Waals surface area contributed by atoms with E-state index in [0.717, 1.165) is 37.8 Å². The first-order chi connectivity index (χ1) is 10.2. The lowest BCUT2D eigenvalue weighted by atomic mass is 10.0. The number of nitrogens with zero attached hydrogens (tertiary/aromatic N) is 2. The number of hydrogen-bond acceptors (Lipinski definition) is 3. The lowest BCUT2D eigenvalue weighted by molar-refractivity contribution is 0.142. The van der Waals surface area contributed by atoms with Crippen LogP contribution in [0.1, 0.15) is 38.7 Å². The number of aryl methyl sites for hydroxylation is 1. The van der Waals surface area contributed by atoms with Crippen LogP contribution in [0.25, 0.3) is 0 Å². The minimum absolute atomic E-state index is 0.482. The highest BCUT2D eigenvalue weighted by atomic mass is 16.5. The number of ether oxygens (including phenoxy) is 1. The molecule has 1 heterocycles. The third kappa shape index (κ3) is 4.33. The number of aromatic nitrogens is 2. The van der Waals surface area contributed by atoms with Gasteiger partial charge < -0.3 is 14.6 Å². The smallest absolute Gasteiger partial charge is 0.207 e. The Hall–Kier alpha value is -1.81. The summed E-state index contributed by atoms with van der Waals surface area (Å²) in [6, 6.07) is 8.40. The van der Waals surface area contributed by atoms with Crippen LogP contribution in [0.2, 0.25) is 0 Å². The highest BCUT2D eigenvalue weighted by molar-refractivity contribution is 5.59. The quantitative estimate of drug-likeness (QED) is 0.740. The molecular formula is C17H25N3O. The van der Waals surface area contributed by atoms with Gasteiger partial charge in [0.25, 0.3) is 0 Å². The molecule has 4 nitrogen and oxygen atoms in total. The van der Waals surface area contributed by atoms with Gasteiger partial charge in [-0.05, 0) is 30.9 Å². The molecule has 0 saturated heterocycles. The Morgan fingerprint density at radius 1 is 1.29 bits per heavy atom. The maximum atomic E-state index is 5.39. The van der Waals surface area contributed by atoms with E-state index >= 15 is 0 Å². The first kappa shape index (κ1) is 15.6. The van der Waals surface area contributed by atoms with Crippen molar-refractivity contribution >= 4 is 11.6 Å². The molecule has 0 atom stereocenters. The number of hydrogen-bond donors (Lipinski definition) is 1. The Bertz CT molecular complexity index is 548. The molecule has 0 amide bonds. The summed E-state index contributed by atoms with van der Waals surface area (Å²) in [5, 5.41) is 3.45. The third-order valence-electron chi connectivity index (χ3n) is 3.44. The van der Waals surface area contributed by atoms with Crippen molar-refractivity contribution in [2.24, 2.45) is 0 Å². The Kier molecular flexibility index (Phi) is 5.81. The van der Waals surface area contributed by atoms with E-state index in [1.54, 1.807) is 0 Å². The molecule has 0 aliphatic carbocycles. The molecular weight excluding hydrogens is 262 g/mol. The van der Waals surface area contributed by atoms with E-state index in [0.29, 0.717) is 5.92 Å². The zero-order chi connectivity index (χ0) is 15.1. The molecule has 4 heteroatoms. The van der Waals surface area contributed by atoms with Crippen molar-refractivity contribution < 1.29 is 4.74 Å². The minimum Gasteiger partial charge on any atom is -0.382 e. The fourth-order valence-corrected chi connectivity index (χ4v) is 2.33. The molecule has 2 aromatic rings. The van der Waals surface area contributed by atoms with E-state index in [9.17, 15) is 0 Å². The average Bonchev–Trinajstić information content (AvgIpc) is 2.91. The lowest BCUT2D eigenvalue weighted by Crippen LogP contribution is -2.07. The van der Waals surface area contributed by atoms with Gasteiger partial charge in [-0.15, -0.1) is 0 Å². The van der Waals surface area contributed by atoms with Crippen LogP contribution in [-0.2, 0) is 11.3 Å². The standard InChI is InChI=1S/C17H25N3O/c1-4-21-13-7-11-20-12-10-18-17(20)19-16-9-6-5-8-15(16)14(2)3/h5-6,8-10,12,14H,4,7,11,13H2,1-3H3,(H,18,19). The second kappa shape index (κ2) is 7.84. The van der Waals surface area contributed by atoms with Gasteiger partial charge in [0.1, 0.15) is 0 Å². The Morgan fingerprint density at radius 3 is 2.86 bits per heavy atom. The summed E-state index contributed by atoms with van der Waals surface area (Å²) in [5.41, 5.74) is 2.44. The van der Waals surface area contributed by atoms with Crippen molar-refractivity contribution in [3.8, 4) is 0 Å². The maximum absolute atomic E-state index is 5.39. The number of nitrogens with one attached hydrogen (secondary N) is 1. The molecule has 21 heavy (non-hydrogen) atoms. The third-order valence-corrected chi connectivity index (χ3v) is 3.44. The predicted molar refractivity (Wildman–Crippen MR) is 87.2 cm³/mol. The number of para-hydroxylation sites is 1. The van der Waals surface area contributed by atoms with E-state index in [2.05, 4.69) is 53.0 Å². The van der Waals surface area contributed by atoms with Crippen LogP contribution < -0.4 is 5.32 Å². The van der Waals surface area contributed by atoms with E-state index in [4.69, 9.17) is 4.74 Å². The monoisotopic (exact) mass is 287 g/mol. The molecule has 0 bridgehead atoms. The van der Waals surface area contributed by atoms with Crippen molar-refractivity contribution in [2.75, 3.05) is 18.5 Å². The summed E-state index contributed by atoms with van der Waals surface area (Å²) in [6.07, 6.45) is 4.83. The SMILES string of the molecule is CCOCCCn1ccnc1Nc1ccccc1C(C)C. The van der Waals surface area contributed by atoms with Gasteiger partial charge in [0, 0.05) is 37.8 Å². The van der Waals surface area contributed by atoms with Crippen molar-refractivity contribution in [1.82, 2.24) is 9.55 Å². The second-order valence-corrected chi connectivity index (χ2v) is 5.36. The summed E-state index contributed by atoms with van der Waals surface area (Å²) < 4.78 is 7.52. The first-order valence-corrected chi connectivity index (χ1v) is 7.67. The number of anilines is 2. The molecule has 0 saturated carbocycles. The van der Waals surface area contributed by atoms with E-state index in [-0.39, 0.29) is 0 Å². The molecule has 0 aliphatic rings. The molecule has 1 aromatic heterocycles. The molecule has 0 radical (unpaired) electrons. The van der Waals surface area contributed by atoms with Crippen molar-refractivity contribution in [1.29, 1.82) is 0 Å². The summed E-state index contributed by atoms with van der Waals surface area (Å²) >= 11 is 0. The summed E-state index contributed by atoms with van der Waals surface area (Å²) in [4.78, 5) is 4.42. The van der Waals surface area contributed by atoms with Crippen molar-refractivity contribution in [3.63, 3.8) is 0 Å². The Labute approximate surface area is 127 Å². The van der Waals surface area contributed by atoms with Crippen LogP contribution in [0.3, 0.4) is 0 Å². The second-order valence-electron chi connectivity index (χ2n) is 5.36. The van der Waals surface area contributed by atoms with Crippen LogP contribution >= 0.6 is 0 Å². The number of rotatable bonds is 8. The molecule has 2 rings (SSSR count). The van der Waals surface area contributed by atoms with Gasteiger partial charge in [-0.3, -0.25) is 0 Å². The van der Waals surface area contributed by atoms with E-state index in [1.165, 1.54) is 5.56 Å². The van der Waals surface area contributed by atoms with E-state index in [1.807, 2.05) is 19.3 Å². The fraction of sp³-hybridized carbons (Fsp3) is 0.471. The summed E-state index contributed by atoms with van der Waals surface area (Å²) in [5.74, 6) is 1.37. The van der Waals surface area contributed by atoms with Crippen molar-refractivity contribution in [3.05, 3.63) is 42.2 Å². The lowest BCUT2D eigenvalue weighted by Gasteiger charge is -2.15. The number of imidazole rings is 1. The van der Waals surface area contributed by atoms with Gasteiger partial charge >= 0.3 is 0 Å². The van der Waals surface area contributed by atoms with Gasteiger partial charge in [-0.1, -0.05) is 32.0 Å². The molecule has 1 aromatic carbocycles. The molecule has 0 unspecified atom stereocenters. The maximum Gasteiger partial charge on any atom is 0.207 e. The highest BCUT2D eigenvalue weighted by Crippen LogP contribution is 2.26. The topological polar surface area (TPSA) is 39.1 Å². The van der Waals surface area contributed by atoms with Gasteiger partial charge in [-0.25, -0.2) is 4.98 Å². The van der Waals surface area contributed by atoms with Crippen LogP contribution in [0.15, 0.2) is 36.7 Å². The van der Waals surface area contributed by atoms with Crippen LogP contribution in [0.5, 0.6) is 0 Å². The largest absolute Gasteiger partial charge is 0.382 e. The molecule has 0 aliphatic heterocycles. The van der Waals surface area contributed by atoms with Crippen LogP contribution in [0.4, 0.5) is 11.6 Å².